The zero-order valence-electron chi connectivity index (χ0n) is 15.6. The van der Waals surface area contributed by atoms with Crippen molar-refractivity contribution in [1.29, 1.82) is 0 Å². The molecule has 2 aromatic rings. The lowest BCUT2D eigenvalue weighted by molar-refractivity contribution is -0.114. The fraction of sp³-hybridized carbons (Fsp3) is 0.316. The Morgan fingerprint density at radius 3 is 2.43 bits per heavy atom. The molecular formula is C19H24FIN6O. The van der Waals surface area contributed by atoms with Crippen molar-refractivity contribution in [2.75, 3.05) is 36.4 Å². The molecule has 28 heavy (non-hydrogen) atoms. The Morgan fingerprint density at radius 1 is 1.18 bits per heavy atom. The fourth-order valence-corrected chi connectivity index (χ4v) is 2.89. The first kappa shape index (κ1) is 21.9. The van der Waals surface area contributed by atoms with Crippen LogP contribution in [0.25, 0.3) is 0 Å². The van der Waals surface area contributed by atoms with Gasteiger partial charge in [0.2, 0.25) is 5.91 Å². The zero-order valence-corrected chi connectivity index (χ0v) is 18.0. The van der Waals surface area contributed by atoms with E-state index in [-0.39, 0.29) is 35.7 Å². The maximum Gasteiger partial charge on any atom is 0.222 e. The van der Waals surface area contributed by atoms with Gasteiger partial charge < -0.3 is 20.9 Å². The molecule has 0 unspecified atom stereocenters. The summed E-state index contributed by atoms with van der Waals surface area (Å²) in [5.74, 6) is 0.630. The average Bonchev–Trinajstić information content (AvgIpc) is 2.67. The van der Waals surface area contributed by atoms with Crippen LogP contribution < -0.4 is 16.0 Å². The number of piperazine rings is 1. The number of carbonyl (C=O) groups excluding carboxylic acids is 1. The molecule has 0 saturated carbocycles. The molecule has 9 heteroatoms. The summed E-state index contributed by atoms with van der Waals surface area (Å²) in [6.45, 7) is 4.98. The van der Waals surface area contributed by atoms with E-state index in [1.54, 1.807) is 24.4 Å². The maximum atomic E-state index is 13.0. The van der Waals surface area contributed by atoms with Crippen LogP contribution in [0.5, 0.6) is 0 Å². The normalized spacial score (nSPS) is 14.4. The van der Waals surface area contributed by atoms with E-state index in [4.69, 9.17) is 5.73 Å². The molecule has 1 aromatic heterocycles. The van der Waals surface area contributed by atoms with Crippen molar-refractivity contribution in [2.45, 2.75) is 13.5 Å². The number of benzene rings is 1. The van der Waals surface area contributed by atoms with E-state index in [2.05, 4.69) is 20.2 Å². The van der Waals surface area contributed by atoms with Crippen molar-refractivity contribution in [3.05, 3.63) is 54.0 Å². The number of anilines is 2. The van der Waals surface area contributed by atoms with Crippen LogP contribution in [0.1, 0.15) is 12.5 Å². The van der Waals surface area contributed by atoms with Gasteiger partial charge in [0, 0.05) is 45.0 Å². The van der Waals surface area contributed by atoms with Crippen molar-refractivity contribution < 1.29 is 9.18 Å². The third kappa shape index (κ3) is 6.04. The van der Waals surface area contributed by atoms with E-state index in [0.717, 1.165) is 37.4 Å². The van der Waals surface area contributed by atoms with Gasteiger partial charge >= 0.3 is 0 Å². The summed E-state index contributed by atoms with van der Waals surface area (Å²) in [6.07, 6.45) is 1.68. The average molecular weight is 498 g/mol. The second kappa shape index (κ2) is 10.2. The number of halogens is 2. The fourth-order valence-electron chi connectivity index (χ4n) is 2.89. The molecule has 0 radical (unpaired) electrons. The number of hydrogen-bond acceptors (Lipinski definition) is 4. The first-order valence-corrected chi connectivity index (χ1v) is 8.79. The highest BCUT2D eigenvalue weighted by Gasteiger charge is 2.18. The minimum absolute atomic E-state index is 0. The number of amides is 1. The Labute approximate surface area is 180 Å². The van der Waals surface area contributed by atoms with Crippen LogP contribution in [0.2, 0.25) is 0 Å². The van der Waals surface area contributed by atoms with Crippen LogP contribution in [-0.2, 0) is 11.3 Å². The van der Waals surface area contributed by atoms with Crippen LogP contribution in [-0.4, -0.2) is 47.9 Å². The lowest BCUT2D eigenvalue weighted by Gasteiger charge is -2.36. The smallest absolute Gasteiger partial charge is 0.222 e. The predicted molar refractivity (Wildman–Crippen MR) is 119 cm³/mol. The summed E-state index contributed by atoms with van der Waals surface area (Å²) in [5.41, 5.74) is 8.05. The van der Waals surface area contributed by atoms with Crippen LogP contribution in [0, 0.1) is 5.82 Å². The largest absolute Gasteiger partial charge is 0.370 e. The van der Waals surface area contributed by atoms with Crippen LogP contribution in [0.3, 0.4) is 0 Å². The summed E-state index contributed by atoms with van der Waals surface area (Å²) in [6, 6.07) is 10.1. The summed E-state index contributed by atoms with van der Waals surface area (Å²) in [5, 5.41) is 2.63. The highest BCUT2D eigenvalue weighted by Crippen LogP contribution is 2.17. The molecule has 1 aliphatic rings. The van der Waals surface area contributed by atoms with Gasteiger partial charge in [-0.1, -0.05) is 6.07 Å². The molecule has 2 heterocycles. The summed E-state index contributed by atoms with van der Waals surface area (Å²) in [7, 11) is 0. The number of carbonyl (C=O) groups is 1. The predicted octanol–water partition coefficient (Wildman–Crippen LogP) is 2.43. The number of rotatable bonds is 4. The van der Waals surface area contributed by atoms with Crippen molar-refractivity contribution in [2.24, 2.45) is 10.7 Å². The molecule has 3 rings (SSSR count). The van der Waals surface area contributed by atoms with Gasteiger partial charge in [-0.3, -0.25) is 4.79 Å². The monoisotopic (exact) mass is 498 g/mol. The van der Waals surface area contributed by atoms with Gasteiger partial charge in [-0.05, 0) is 35.9 Å². The Bertz CT molecular complexity index is 804. The van der Waals surface area contributed by atoms with Crippen LogP contribution >= 0.6 is 24.0 Å². The quantitative estimate of drug-likeness (QED) is 0.384. The number of hydrogen-bond donors (Lipinski definition) is 2. The van der Waals surface area contributed by atoms with E-state index in [0.29, 0.717) is 18.3 Å². The number of aliphatic imine (C=N–C) groups is 1. The molecule has 1 aliphatic heterocycles. The molecule has 150 valence electrons. The number of pyridine rings is 1. The SMILES string of the molecule is CC(=O)Nc1ccc(CN=C(N)N2CCN(c3ccc(F)cc3)CC2)cn1.I. The van der Waals surface area contributed by atoms with Gasteiger partial charge in [0.1, 0.15) is 11.6 Å². The van der Waals surface area contributed by atoms with Crippen LogP contribution in [0.4, 0.5) is 15.9 Å². The van der Waals surface area contributed by atoms with Gasteiger partial charge in [-0.15, -0.1) is 24.0 Å². The zero-order chi connectivity index (χ0) is 19.2. The number of nitrogens with zero attached hydrogens (tertiary/aromatic N) is 4. The molecule has 0 spiro atoms. The molecule has 0 bridgehead atoms. The van der Waals surface area contributed by atoms with Crippen molar-refractivity contribution in [3.8, 4) is 0 Å². The molecule has 0 aliphatic carbocycles. The molecular weight excluding hydrogens is 474 g/mol. The van der Waals surface area contributed by atoms with E-state index >= 15 is 0 Å². The van der Waals surface area contributed by atoms with Crippen molar-refractivity contribution in [3.63, 3.8) is 0 Å². The molecule has 1 amide bonds. The van der Waals surface area contributed by atoms with E-state index in [1.165, 1.54) is 19.1 Å². The number of guanidine groups is 1. The third-order valence-electron chi connectivity index (χ3n) is 4.35. The first-order valence-electron chi connectivity index (χ1n) is 8.79. The Kier molecular flexibility index (Phi) is 7.97. The third-order valence-corrected chi connectivity index (χ3v) is 4.35. The van der Waals surface area contributed by atoms with Gasteiger partial charge in [-0.2, -0.15) is 0 Å². The summed E-state index contributed by atoms with van der Waals surface area (Å²) in [4.78, 5) is 23.9. The second-order valence-electron chi connectivity index (χ2n) is 6.36. The minimum Gasteiger partial charge on any atom is -0.370 e. The lowest BCUT2D eigenvalue weighted by atomic mass is 10.2. The summed E-state index contributed by atoms with van der Waals surface area (Å²) >= 11 is 0. The molecule has 1 saturated heterocycles. The lowest BCUT2D eigenvalue weighted by Crippen LogP contribution is -2.51. The topological polar surface area (TPSA) is 86.8 Å². The highest BCUT2D eigenvalue weighted by atomic mass is 127. The molecule has 7 nitrogen and oxygen atoms in total. The Morgan fingerprint density at radius 2 is 1.86 bits per heavy atom. The van der Waals surface area contributed by atoms with E-state index < -0.39 is 0 Å². The van der Waals surface area contributed by atoms with Gasteiger partial charge in [0.15, 0.2) is 5.96 Å². The van der Waals surface area contributed by atoms with Crippen LogP contribution in [0.15, 0.2) is 47.6 Å². The second-order valence-corrected chi connectivity index (χ2v) is 6.36. The van der Waals surface area contributed by atoms with E-state index in [1.807, 2.05) is 11.0 Å². The summed E-state index contributed by atoms with van der Waals surface area (Å²) < 4.78 is 13.0. The highest BCUT2D eigenvalue weighted by molar-refractivity contribution is 14.0. The first-order chi connectivity index (χ1) is 13.0. The molecule has 0 atom stereocenters. The van der Waals surface area contributed by atoms with Crippen molar-refractivity contribution in [1.82, 2.24) is 9.88 Å². The number of aromatic nitrogens is 1. The Hall–Kier alpha value is -2.43. The molecule has 1 fully saturated rings. The minimum atomic E-state index is -0.228. The molecule has 3 N–H and O–H groups in total. The maximum absolute atomic E-state index is 13.0. The van der Waals surface area contributed by atoms with Gasteiger partial charge in [0.05, 0.1) is 6.54 Å². The molecule has 1 aromatic carbocycles. The van der Waals surface area contributed by atoms with Crippen molar-refractivity contribution >= 4 is 47.3 Å². The number of nitrogens with two attached hydrogens (primary N) is 1. The number of nitrogens with one attached hydrogen (secondary N) is 1. The Balaban J connectivity index is 0.00000280. The van der Waals surface area contributed by atoms with Gasteiger partial charge in [0.25, 0.3) is 0 Å². The standard InChI is InChI=1S/C19H23FN6O.HI/c1-14(27)24-18-7-2-15(12-22-18)13-23-19(21)26-10-8-25(9-11-26)17-5-3-16(20)4-6-17;/h2-7,12H,8-11,13H2,1H3,(H2,21,23)(H,22,24,27);1H. The van der Waals surface area contributed by atoms with E-state index in [9.17, 15) is 9.18 Å². The van der Waals surface area contributed by atoms with Gasteiger partial charge in [-0.25, -0.2) is 14.4 Å².